The van der Waals surface area contributed by atoms with Crippen LogP contribution in [-0.2, 0) is 6.54 Å². The summed E-state index contributed by atoms with van der Waals surface area (Å²) in [5.74, 6) is 0.329. The molecule has 0 saturated carbocycles. The topological polar surface area (TPSA) is 103 Å². The van der Waals surface area contributed by atoms with Gasteiger partial charge in [0.25, 0.3) is 0 Å². The first-order chi connectivity index (χ1) is 9.80. The number of imidazole rings is 1. The zero-order chi connectivity index (χ0) is 14.4. The average Bonchev–Trinajstić information content (AvgIpc) is 2.91. The Morgan fingerprint density at radius 2 is 1.95 bits per heavy atom. The quantitative estimate of drug-likeness (QED) is 0.807. The highest BCUT2D eigenvalue weighted by Crippen LogP contribution is 2.10. The molecule has 0 amide bonds. The Bertz CT molecular complexity index is 658. The molecule has 0 fully saturated rings. The number of nitriles is 2. The van der Waals surface area contributed by atoms with Gasteiger partial charge in [-0.05, 0) is 13.0 Å². The van der Waals surface area contributed by atoms with Crippen molar-refractivity contribution in [3.8, 4) is 18.1 Å². The molecule has 0 aromatic carbocycles. The van der Waals surface area contributed by atoms with Crippen molar-refractivity contribution in [1.82, 2.24) is 24.8 Å². The van der Waals surface area contributed by atoms with Gasteiger partial charge >= 0.3 is 0 Å². The Morgan fingerprint density at radius 1 is 1.20 bits per heavy atom. The van der Waals surface area contributed by atoms with Gasteiger partial charge in [-0.1, -0.05) is 6.92 Å². The molecule has 0 aliphatic heterocycles. The summed E-state index contributed by atoms with van der Waals surface area (Å²) >= 11 is 0. The second-order valence-corrected chi connectivity index (χ2v) is 4.10. The van der Waals surface area contributed by atoms with Crippen LogP contribution in [0.15, 0.2) is 18.7 Å². The Labute approximate surface area is 116 Å². The van der Waals surface area contributed by atoms with E-state index in [4.69, 9.17) is 10.5 Å². The van der Waals surface area contributed by atoms with Crippen LogP contribution in [-0.4, -0.2) is 26.1 Å². The van der Waals surface area contributed by atoms with Crippen LogP contribution >= 0.6 is 0 Å². The van der Waals surface area contributed by atoms with Crippen LogP contribution in [0, 0.1) is 22.7 Å². The van der Waals surface area contributed by atoms with Crippen molar-refractivity contribution >= 4 is 0 Å². The van der Waals surface area contributed by atoms with Crippen LogP contribution in [0.5, 0.6) is 0 Å². The van der Waals surface area contributed by atoms with Gasteiger partial charge in [0.15, 0.2) is 11.4 Å². The molecule has 0 saturated heterocycles. The van der Waals surface area contributed by atoms with E-state index in [1.54, 1.807) is 12.4 Å². The van der Waals surface area contributed by atoms with E-state index in [-0.39, 0.29) is 11.4 Å². The molecule has 7 heteroatoms. The van der Waals surface area contributed by atoms with Gasteiger partial charge in [-0.2, -0.15) is 10.5 Å². The third-order valence-corrected chi connectivity index (χ3v) is 2.64. The largest absolute Gasteiger partial charge is 0.313 e. The van der Waals surface area contributed by atoms with Crippen LogP contribution in [0.25, 0.3) is 5.95 Å². The molecular weight excluding hydrogens is 254 g/mol. The monoisotopic (exact) mass is 267 g/mol. The molecule has 0 atom stereocenters. The van der Waals surface area contributed by atoms with Gasteiger partial charge in [0.05, 0.1) is 0 Å². The normalized spacial score (nSPS) is 9.95. The third-order valence-electron chi connectivity index (χ3n) is 2.64. The average molecular weight is 267 g/mol. The van der Waals surface area contributed by atoms with Crippen LogP contribution in [0.4, 0.5) is 0 Å². The Hall–Kier alpha value is -2.77. The predicted molar refractivity (Wildman–Crippen MR) is 70.6 cm³/mol. The number of hydrogen-bond donors (Lipinski definition) is 1. The summed E-state index contributed by atoms with van der Waals surface area (Å²) < 4.78 is 1.40. The molecule has 0 spiro atoms. The first-order valence-electron chi connectivity index (χ1n) is 6.19. The summed E-state index contributed by atoms with van der Waals surface area (Å²) in [6, 6.07) is 3.80. The summed E-state index contributed by atoms with van der Waals surface area (Å²) in [5.41, 5.74) is 1.18. The molecule has 20 heavy (non-hydrogen) atoms. The van der Waals surface area contributed by atoms with Crippen LogP contribution in [0.2, 0.25) is 0 Å². The molecule has 2 aromatic rings. The first kappa shape index (κ1) is 13.7. The first-order valence-corrected chi connectivity index (χ1v) is 6.19. The van der Waals surface area contributed by atoms with Gasteiger partial charge in [0, 0.05) is 24.5 Å². The third kappa shape index (κ3) is 2.79. The Kier molecular flexibility index (Phi) is 4.38. The second kappa shape index (κ2) is 6.41. The highest BCUT2D eigenvalue weighted by atomic mass is 15.2. The minimum absolute atomic E-state index is 0.0739. The van der Waals surface area contributed by atoms with E-state index in [9.17, 15) is 0 Å². The molecule has 2 rings (SSSR count). The minimum Gasteiger partial charge on any atom is -0.313 e. The van der Waals surface area contributed by atoms with Gasteiger partial charge in [-0.25, -0.2) is 15.0 Å². The molecule has 100 valence electrons. The molecule has 2 aromatic heterocycles. The molecule has 2 heterocycles. The number of nitrogens with one attached hydrogen (secondary N) is 1. The maximum atomic E-state index is 9.05. The molecule has 0 radical (unpaired) electrons. The Morgan fingerprint density at radius 3 is 2.55 bits per heavy atom. The zero-order valence-corrected chi connectivity index (χ0v) is 11.0. The van der Waals surface area contributed by atoms with Crippen molar-refractivity contribution in [3.63, 3.8) is 0 Å². The summed E-state index contributed by atoms with van der Waals surface area (Å²) in [4.78, 5) is 12.2. The van der Waals surface area contributed by atoms with E-state index < -0.39 is 0 Å². The van der Waals surface area contributed by atoms with E-state index in [1.165, 1.54) is 10.9 Å². The molecule has 7 nitrogen and oxygen atoms in total. The summed E-state index contributed by atoms with van der Waals surface area (Å²) in [7, 11) is 0. The van der Waals surface area contributed by atoms with E-state index in [2.05, 4.69) is 27.2 Å². The maximum absolute atomic E-state index is 9.05. The van der Waals surface area contributed by atoms with Crippen LogP contribution in [0.3, 0.4) is 0 Å². The van der Waals surface area contributed by atoms with E-state index in [0.717, 1.165) is 18.5 Å². The van der Waals surface area contributed by atoms with Crippen LogP contribution in [0.1, 0.15) is 30.3 Å². The highest BCUT2D eigenvalue weighted by molar-refractivity contribution is 5.39. The van der Waals surface area contributed by atoms with Gasteiger partial charge < -0.3 is 5.32 Å². The molecule has 0 bridgehead atoms. The summed E-state index contributed by atoms with van der Waals surface area (Å²) in [5, 5.41) is 21.2. The van der Waals surface area contributed by atoms with Gasteiger partial charge in [-0.3, -0.25) is 4.57 Å². The highest BCUT2D eigenvalue weighted by Gasteiger charge is 2.12. The number of aromatic nitrogens is 4. The fourth-order valence-electron chi connectivity index (χ4n) is 1.66. The van der Waals surface area contributed by atoms with Crippen molar-refractivity contribution in [1.29, 1.82) is 10.5 Å². The number of rotatable bonds is 5. The van der Waals surface area contributed by atoms with E-state index in [1.807, 2.05) is 12.1 Å². The molecule has 0 unspecified atom stereocenters. The summed E-state index contributed by atoms with van der Waals surface area (Å²) in [6.45, 7) is 3.74. The molecule has 0 aliphatic rings. The van der Waals surface area contributed by atoms with Gasteiger partial charge in [0.1, 0.15) is 18.5 Å². The minimum atomic E-state index is 0.0739. The maximum Gasteiger partial charge on any atom is 0.235 e. The molecule has 1 N–H and O–H groups in total. The van der Waals surface area contributed by atoms with E-state index in [0.29, 0.717) is 12.5 Å². The lowest BCUT2D eigenvalue weighted by Crippen LogP contribution is -2.14. The fraction of sp³-hybridized carbons (Fsp3) is 0.308. The lowest BCUT2D eigenvalue weighted by molar-refractivity contribution is 0.671. The Balaban J connectivity index is 2.21. The van der Waals surface area contributed by atoms with Gasteiger partial charge in [0.2, 0.25) is 5.95 Å². The van der Waals surface area contributed by atoms with E-state index >= 15 is 0 Å². The number of hydrogen-bond acceptors (Lipinski definition) is 6. The SMILES string of the molecule is CCCNCc1cnc(-n2cnc(C#N)c2C#N)nc1. The lowest BCUT2D eigenvalue weighted by atomic mass is 10.3. The van der Waals surface area contributed by atoms with Crippen molar-refractivity contribution < 1.29 is 0 Å². The number of nitrogens with zero attached hydrogens (tertiary/aromatic N) is 6. The summed E-state index contributed by atoms with van der Waals surface area (Å²) in [6.07, 6.45) is 5.83. The molecular formula is C13H13N7. The molecule has 0 aliphatic carbocycles. The smallest absolute Gasteiger partial charge is 0.235 e. The van der Waals surface area contributed by atoms with Crippen molar-refractivity contribution in [3.05, 3.63) is 35.7 Å². The standard InChI is InChI=1S/C13H13N7/c1-2-3-16-6-10-7-17-13(18-8-10)20-9-19-11(4-14)12(20)5-15/h7-9,16H,2-3,6H2,1H3. The zero-order valence-electron chi connectivity index (χ0n) is 11.0. The second-order valence-electron chi connectivity index (χ2n) is 4.10. The predicted octanol–water partition coefficient (Wildman–Crippen LogP) is 0.905. The van der Waals surface area contributed by atoms with Crippen LogP contribution < -0.4 is 5.32 Å². The van der Waals surface area contributed by atoms with Crippen molar-refractivity contribution in [2.24, 2.45) is 0 Å². The van der Waals surface area contributed by atoms with Crippen molar-refractivity contribution in [2.75, 3.05) is 6.54 Å². The van der Waals surface area contributed by atoms with Crippen molar-refractivity contribution in [2.45, 2.75) is 19.9 Å². The van der Waals surface area contributed by atoms with Gasteiger partial charge in [-0.15, -0.1) is 0 Å². The lowest BCUT2D eigenvalue weighted by Gasteiger charge is -2.04. The fourth-order valence-corrected chi connectivity index (χ4v) is 1.66.